The van der Waals surface area contributed by atoms with Crippen molar-refractivity contribution >= 4 is 11.9 Å². The molecule has 2 atom stereocenters. The number of aliphatic hydroxyl groups excluding tert-OH is 3. The van der Waals surface area contributed by atoms with Crippen LogP contribution in [0, 0.1) is 0 Å². The Labute approximate surface area is 117 Å². The van der Waals surface area contributed by atoms with E-state index in [1.165, 1.54) is 18.3 Å². The molecule has 0 amide bonds. The smallest absolute Gasteiger partial charge is 0.377 e. The number of nitrogens with zero attached hydrogens (tertiary/aromatic N) is 1. The molecule has 0 saturated carbocycles. The van der Waals surface area contributed by atoms with Gasteiger partial charge in [-0.2, -0.15) is 0 Å². The predicted octanol–water partition coefficient (Wildman–Crippen LogP) is -0.227. The zero-order valence-corrected chi connectivity index (χ0v) is 10.5. The SMILES string of the molecule is O=C1OC([C@@H](O)COc2ncccc2C(=O)O)C(O)=C1O. The molecule has 1 aliphatic rings. The van der Waals surface area contributed by atoms with Crippen LogP contribution in [0.1, 0.15) is 10.4 Å². The number of carboxylic acid groups (broad SMARTS) is 1. The summed E-state index contributed by atoms with van der Waals surface area (Å²) >= 11 is 0. The number of carboxylic acids is 1. The summed E-state index contributed by atoms with van der Waals surface area (Å²) in [5.74, 6) is -4.46. The van der Waals surface area contributed by atoms with Crippen LogP contribution in [0.25, 0.3) is 0 Å². The Balaban J connectivity index is 2.04. The average Bonchev–Trinajstić information content (AvgIpc) is 2.72. The van der Waals surface area contributed by atoms with Crippen molar-refractivity contribution in [2.75, 3.05) is 6.61 Å². The number of pyridine rings is 1. The average molecular weight is 297 g/mol. The summed E-state index contributed by atoms with van der Waals surface area (Å²) in [5, 5.41) is 37.2. The van der Waals surface area contributed by atoms with Crippen LogP contribution in [-0.2, 0) is 9.53 Å². The third-order valence-electron chi connectivity index (χ3n) is 2.68. The summed E-state index contributed by atoms with van der Waals surface area (Å²) in [6, 6.07) is 2.66. The summed E-state index contributed by atoms with van der Waals surface area (Å²) in [6.07, 6.45) is -1.69. The summed E-state index contributed by atoms with van der Waals surface area (Å²) in [4.78, 5) is 25.6. The van der Waals surface area contributed by atoms with Gasteiger partial charge < -0.3 is 29.9 Å². The lowest BCUT2D eigenvalue weighted by atomic mass is 10.2. The molecule has 4 N–H and O–H groups in total. The van der Waals surface area contributed by atoms with E-state index in [2.05, 4.69) is 9.72 Å². The second kappa shape index (κ2) is 5.67. The van der Waals surface area contributed by atoms with Gasteiger partial charge in [0.15, 0.2) is 11.9 Å². The number of carbonyl (C=O) groups excluding carboxylic acids is 1. The van der Waals surface area contributed by atoms with E-state index in [1.807, 2.05) is 0 Å². The third-order valence-corrected chi connectivity index (χ3v) is 2.68. The molecule has 0 spiro atoms. The van der Waals surface area contributed by atoms with Gasteiger partial charge in [-0.1, -0.05) is 0 Å². The zero-order valence-electron chi connectivity index (χ0n) is 10.5. The molecule has 9 nitrogen and oxygen atoms in total. The fourth-order valence-electron chi connectivity index (χ4n) is 1.65. The number of hydrogen-bond acceptors (Lipinski definition) is 8. The first kappa shape index (κ1) is 14.6. The maximum atomic E-state index is 11.0. The number of aliphatic hydroxyl groups is 3. The molecule has 21 heavy (non-hydrogen) atoms. The number of ether oxygens (including phenoxy) is 2. The lowest BCUT2D eigenvalue weighted by molar-refractivity contribution is -0.147. The molecule has 112 valence electrons. The van der Waals surface area contributed by atoms with Crippen LogP contribution < -0.4 is 4.74 Å². The molecule has 2 heterocycles. The van der Waals surface area contributed by atoms with Crippen molar-refractivity contribution in [1.82, 2.24) is 4.98 Å². The van der Waals surface area contributed by atoms with Crippen molar-refractivity contribution < 1.29 is 39.5 Å². The molecular formula is C12H11NO8. The standard InChI is InChI=1S/C12H11NO8/c14-6(9-7(15)8(16)12(19)21-9)4-20-10-5(11(17)18)2-1-3-13-10/h1-3,6,9,14-16H,4H2,(H,17,18)/t6-,9?/m0/s1. The molecule has 9 heteroatoms. The van der Waals surface area contributed by atoms with E-state index < -0.39 is 42.3 Å². The minimum Gasteiger partial charge on any atom is -0.505 e. The maximum absolute atomic E-state index is 11.0. The molecule has 1 aromatic heterocycles. The zero-order chi connectivity index (χ0) is 15.6. The van der Waals surface area contributed by atoms with Crippen LogP contribution in [0.5, 0.6) is 5.88 Å². The number of rotatable bonds is 5. The Kier molecular flexibility index (Phi) is 3.94. The van der Waals surface area contributed by atoms with Crippen LogP contribution in [0.15, 0.2) is 29.8 Å². The predicted molar refractivity (Wildman–Crippen MR) is 64.9 cm³/mol. The topological polar surface area (TPSA) is 146 Å². The van der Waals surface area contributed by atoms with E-state index in [1.54, 1.807) is 0 Å². The van der Waals surface area contributed by atoms with Crippen molar-refractivity contribution in [3.05, 3.63) is 35.4 Å². The monoisotopic (exact) mass is 297 g/mol. The number of hydrogen-bond donors (Lipinski definition) is 4. The fourth-order valence-corrected chi connectivity index (χ4v) is 1.65. The molecule has 1 aliphatic heterocycles. The number of cyclic esters (lactones) is 1. The Morgan fingerprint density at radius 2 is 2.19 bits per heavy atom. The Morgan fingerprint density at radius 1 is 1.48 bits per heavy atom. The molecule has 1 aromatic rings. The molecule has 0 bridgehead atoms. The van der Waals surface area contributed by atoms with Gasteiger partial charge in [0.05, 0.1) is 0 Å². The van der Waals surface area contributed by atoms with Gasteiger partial charge in [0, 0.05) is 6.20 Å². The quantitative estimate of drug-likeness (QED) is 0.541. The van der Waals surface area contributed by atoms with Gasteiger partial charge in [0.1, 0.15) is 18.3 Å². The minimum atomic E-state index is -1.51. The molecule has 1 unspecified atom stereocenters. The van der Waals surface area contributed by atoms with Crippen LogP contribution >= 0.6 is 0 Å². The molecular weight excluding hydrogens is 286 g/mol. The minimum absolute atomic E-state index is 0.212. The highest BCUT2D eigenvalue weighted by Crippen LogP contribution is 2.22. The summed E-state index contributed by atoms with van der Waals surface area (Å²) in [7, 11) is 0. The first-order chi connectivity index (χ1) is 9.91. The fraction of sp³-hybridized carbons (Fsp3) is 0.250. The lowest BCUT2D eigenvalue weighted by Crippen LogP contribution is -2.34. The van der Waals surface area contributed by atoms with Crippen molar-refractivity contribution in [3.63, 3.8) is 0 Å². The third kappa shape index (κ3) is 2.87. The van der Waals surface area contributed by atoms with Crippen LogP contribution in [-0.4, -0.2) is 56.2 Å². The molecule has 0 radical (unpaired) electrons. The Hall–Kier alpha value is -2.81. The molecule has 0 fully saturated rings. The number of aromatic nitrogens is 1. The van der Waals surface area contributed by atoms with Crippen molar-refractivity contribution in [3.8, 4) is 5.88 Å². The first-order valence-electron chi connectivity index (χ1n) is 5.74. The van der Waals surface area contributed by atoms with Gasteiger partial charge in [-0.15, -0.1) is 0 Å². The largest absolute Gasteiger partial charge is 0.505 e. The summed E-state index contributed by atoms with van der Waals surface area (Å²) in [6.45, 7) is -0.507. The number of aromatic carboxylic acids is 1. The van der Waals surface area contributed by atoms with Gasteiger partial charge in [0.25, 0.3) is 0 Å². The van der Waals surface area contributed by atoms with Crippen LogP contribution in [0.3, 0.4) is 0 Å². The van der Waals surface area contributed by atoms with Gasteiger partial charge in [0.2, 0.25) is 11.6 Å². The van der Waals surface area contributed by atoms with Gasteiger partial charge >= 0.3 is 11.9 Å². The van der Waals surface area contributed by atoms with E-state index >= 15 is 0 Å². The van der Waals surface area contributed by atoms with Crippen LogP contribution in [0.2, 0.25) is 0 Å². The Morgan fingerprint density at radius 3 is 2.76 bits per heavy atom. The second-order valence-electron chi connectivity index (χ2n) is 4.10. The Bertz CT molecular complexity index is 611. The number of esters is 1. The van der Waals surface area contributed by atoms with Gasteiger partial charge in [-0.3, -0.25) is 0 Å². The normalized spacial score (nSPS) is 19.3. The molecule has 0 aromatic carbocycles. The van der Waals surface area contributed by atoms with E-state index in [4.69, 9.17) is 14.9 Å². The van der Waals surface area contributed by atoms with E-state index in [0.717, 1.165) is 0 Å². The lowest BCUT2D eigenvalue weighted by Gasteiger charge is -2.17. The molecule has 2 rings (SSSR count). The highest BCUT2D eigenvalue weighted by Gasteiger charge is 2.39. The van der Waals surface area contributed by atoms with Crippen molar-refractivity contribution in [1.29, 1.82) is 0 Å². The van der Waals surface area contributed by atoms with Crippen molar-refractivity contribution in [2.45, 2.75) is 12.2 Å². The molecule has 0 aliphatic carbocycles. The highest BCUT2D eigenvalue weighted by atomic mass is 16.6. The van der Waals surface area contributed by atoms with Gasteiger partial charge in [-0.25, -0.2) is 14.6 Å². The second-order valence-corrected chi connectivity index (χ2v) is 4.10. The first-order valence-corrected chi connectivity index (χ1v) is 5.74. The van der Waals surface area contributed by atoms with Crippen LogP contribution in [0.4, 0.5) is 0 Å². The highest BCUT2D eigenvalue weighted by molar-refractivity contribution is 5.90. The van der Waals surface area contributed by atoms with Gasteiger partial charge in [-0.05, 0) is 12.1 Å². The maximum Gasteiger partial charge on any atom is 0.377 e. The summed E-state index contributed by atoms with van der Waals surface area (Å²) in [5.41, 5.74) is -0.212. The summed E-state index contributed by atoms with van der Waals surface area (Å²) < 4.78 is 9.58. The van der Waals surface area contributed by atoms with E-state index in [-0.39, 0.29) is 11.4 Å². The molecule has 0 saturated heterocycles. The number of carbonyl (C=O) groups is 2. The van der Waals surface area contributed by atoms with Crippen molar-refractivity contribution in [2.24, 2.45) is 0 Å². The van der Waals surface area contributed by atoms with E-state index in [0.29, 0.717) is 0 Å². The van der Waals surface area contributed by atoms with E-state index in [9.17, 15) is 19.8 Å².